The molecule has 0 saturated carbocycles. The molecule has 5 nitrogen and oxygen atoms in total. The van der Waals surface area contributed by atoms with E-state index in [0.717, 1.165) is 51.4 Å². The van der Waals surface area contributed by atoms with Gasteiger partial charge in [0.05, 0.1) is 18.8 Å². The minimum atomic E-state index is -1.17. The molecule has 0 aliphatic carbocycles. The van der Waals surface area contributed by atoms with Gasteiger partial charge in [0.15, 0.2) is 0 Å². The van der Waals surface area contributed by atoms with Crippen LogP contribution in [0.1, 0.15) is 219 Å². The van der Waals surface area contributed by atoms with Gasteiger partial charge in [0.2, 0.25) is 5.91 Å². The predicted octanol–water partition coefficient (Wildman–Crippen LogP) is 12.4. The van der Waals surface area contributed by atoms with Gasteiger partial charge in [-0.2, -0.15) is 0 Å². The van der Waals surface area contributed by atoms with Crippen LogP contribution in [-0.4, -0.2) is 46.1 Å². The Kier molecular flexibility index (Phi) is 39.2. The summed E-state index contributed by atoms with van der Waals surface area (Å²) in [6, 6.07) is -0.839. The summed E-state index contributed by atoms with van der Waals surface area (Å²) in [5.41, 5.74) is 0. The number of carbonyl (C=O) groups excluding carboxylic acids is 1. The van der Waals surface area contributed by atoms with Crippen molar-refractivity contribution in [1.29, 1.82) is 0 Å². The van der Waals surface area contributed by atoms with Gasteiger partial charge in [-0.1, -0.05) is 172 Å². The molecule has 3 unspecified atom stereocenters. The maximum Gasteiger partial charge on any atom is 0.220 e. The second-order valence-corrected chi connectivity index (χ2v) is 14.9. The lowest BCUT2D eigenvalue weighted by Crippen LogP contribution is -2.50. The van der Waals surface area contributed by atoms with Crippen LogP contribution in [0.4, 0.5) is 0 Å². The van der Waals surface area contributed by atoms with Gasteiger partial charge in [-0.15, -0.1) is 0 Å². The summed E-state index contributed by atoms with van der Waals surface area (Å²) in [5, 5.41) is 33.4. The Morgan fingerprint density at radius 1 is 0.480 bits per heavy atom. The van der Waals surface area contributed by atoms with E-state index in [0.29, 0.717) is 12.8 Å². The lowest BCUT2D eigenvalue weighted by Gasteiger charge is -2.26. The summed E-state index contributed by atoms with van der Waals surface area (Å²) in [7, 11) is 0. The van der Waals surface area contributed by atoms with Crippen LogP contribution < -0.4 is 5.32 Å². The van der Waals surface area contributed by atoms with Crippen molar-refractivity contribution in [2.24, 2.45) is 0 Å². The van der Waals surface area contributed by atoms with Crippen molar-refractivity contribution in [2.75, 3.05) is 6.61 Å². The van der Waals surface area contributed by atoms with Gasteiger partial charge in [0.1, 0.15) is 6.10 Å². The minimum Gasteiger partial charge on any atom is -0.394 e. The van der Waals surface area contributed by atoms with Gasteiger partial charge in [-0.25, -0.2) is 0 Å². The first-order valence-electron chi connectivity index (χ1n) is 21.8. The largest absolute Gasteiger partial charge is 0.394 e. The third kappa shape index (κ3) is 35.0. The second-order valence-electron chi connectivity index (χ2n) is 14.9. The molecule has 0 aromatic heterocycles. The Morgan fingerprint density at radius 3 is 1.22 bits per heavy atom. The van der Waals surface area contributed by atoms with E-state index in [-0.39, 0.29) is 12.5 Å². The number of nitrogens with one attached hydrogen (secondary N) is 1. The van der Waals surface area contributed by atoms with Crippen molar-refractivity contribution in [3.63, 3.8) is 0 Å². The van der Waals surface area contributed by atoms with Gasteiger partial charge in [0.25, 0.3) is 0 Å². The molecule has 1 amide bonds. The molecule has 5 heteroatoms. The fourth-order valence-corrected chi connectivity index (χ4v) is 6.53. The zero-order valence-corrected chi connectivity index (χ0v) is 33.3. The summed E-state index contributed by atoms with van der Waals surface area (Å²) >= 11 is 0. The van der Waals surface area contributed by atoms with Crippen LogP contribution in [0.15, 0.2) is 36.5 Å². The van der Waals surface area contributed by atoms with Gasteiger partial charge >= 0.3 is 0 Å². The summed E-state index contributed by atoms with van der Waals surface area (Å²) in [6.45, 7) is 4.15. The molecule has 0 rings (SSSR count). The number of amides is 1. The monoisotopic (exact) mass is 704 g/mol. The van der Waals surface area contributed by atoms with E-state index in [1.807, 2.05) is 0 Å². The highest BCUT2D eigenvalue weighted by atomic mass is 16.3. The van der Waals surface area contributed by atoms with Gasteiger partial charge < -0.3 is 20.6 Å². The molecular weight excluding hydrogens is 618 g/mol. The molecule has 0 aliphatic rings. The van der Waals surface area contributed by atoms with E-state index in [1.54, 1.807) is 0 Å². The Hall–Kier alpha value is -1.43. The van der Waals surface area contributed by atoms with Crippen molar-refractivity contribution < 1.29 is 20.1 Å². The van der Waals surface area contributed by atoms with Crippen LogP contribution in [-0.2, 0) is 4.79 Å². The van der Waals surface area contributed by atoms with E-state index >= 15 is 0 Å². The topological polar surface area (TPSA) is 89.8 Å². The SMILES string of the molecule is CCCCCCCC/C=C\CCCCCC(=O)NC(CO)C(O)C(O)CCC/C=C/CC/C=C/CCCCCCCCCCCCCCCC. The molecule has 0 radical (unpaired) electrons. The molecule has 0 aromatic carbocycles. The highest BCUT2D eigenvalue weighted by Crippen LogP contribution is 2.14. The highest BCUT2D eigenvalue weighted by molar-refractivity contribution is 5.76. The third-order valence-electron chi connectivity index (χ3n) is 9.94. The smallest absolute Gasteiger partial charge is 0.220 e. The first kappa shape index (κ1) is 48.6. The summed E-state index contributed by atoms with van der Waals surface area (Å²) < 4.78 is 0. The molecule has 0 aromatic rings. The number of hydrogen-bond acceptors (Lipinski definition) is 4. The molecule has 3 atom stereocenters. The summed E-state index contributed by atoms with van der Waals surface area (Å²) in [5.74, 6) is -0.175. The van der Waals surface area contributed by atoms with Crippen LogP contribution in [0.3, 0.4) is 0 Å². The Labute approximate surface area is 311 Å². The molecule has 50 heavy (non-hydrogen) atoms. The quantitative estimate of drug-likeness (QED) is 0.0379. The number of rotatable bonds is 39. The van der Waals surface area contributed by atoms with Crippen molar-refractivity contribution in [3.05, 3.63) is 36.5 Å². The van der Waals surface area contributed by atoms with Crippen LogP contribution in [0, 0.1) is 0 Å². The van der Waals surface area contributed by atoms with Crippen molar-refractivity contribution in [2.45, 2.75) is 238 Å². The van der Waals surface area contributed by atoms with Gasteiger partial charge in [-0.3, -0.25) is 4.79 Å². The predicted molar refractivity (Wildman–Crippen MR) is 218 cm³/mol. The van der Waals surface area contributed by atoms with Crippen LogP contribution in [0.25, 0.3) is 0 Å². The average molecular weight is 704 g/mol. The zero-order valence-electron chi connectivity index (χ0n) is 33.3. The minimum absolute atomic E-state index is 0.175. The lowest BCUT2D eigenvalue weighted by atomic mass is 10.0. The molecule has 0 bridgehead atoms. The van der Waals surface area contributed by atoms with Gasteiger partial charge in [-0.05, 0) is 77.0 Å². The fraction of sp³-hybridized carbons (Fsp3) is 0.844. The van der Waals surface area contributed by atoms with Crippen molar-refractivity contribution >= 4 is 5.91 Å². The lowest BCUT2D eigenvalue weighted by molar-refractivity contribution is -0.124. The highest BCUT2D eigenvalue weighted by Gasteiger charge is 2.26. The first-order chi connectivity index (χ1) is 24.6. The number of carbonyl (C=O) groups is 1. The maximum absolute atomic E-state index is 12.4. The summed E-state index contributed by atoms with van der Waals surface area (Å²) in [6.07, 6.45) is 49.7. The van der Waals surface area contributed by atoms with Gasteiger partial charge in [0, 0.05) is 6.42 Å². The number of unbranched alkanes of at least 4 members (excludes halogenated alkanes) is 25. The zero-order chi connectivity index (χ0) is 36.6. The number of aliphatic hydroxyl groups is 3. The molecule has 0 spiro atoms. The summed E-state index contributed by atoms with van der Waals surface area (Å²) in [4.78, 5) is 12.4. The molecule has 4 N–H and O–H groups in total. The number of aliphatic hydroxyl groups excluding tert-OH is 3. The number of allylic oxidation sites excluding steroid dienone is 6. The Morgan fingerprint density at radius 2 is 0.820 bits per heavy atom. The maximum atomic E-state index is 12.4. The van der Waals surface area contributed by atoms with Crippen LogP contribution in [0.5, 0.6) is 0 Å². The Balaban J connectivity index is 3.70. The molecule has 0 fully saturated rings. The molecule has 294 valence electrons. The average Bonchev–Trinajstić information content (AvgIpc) is 3.12. The van der Waals surface area contributed by atoms with Crippen LogP contribution in [0.2, 0.25) is 0 Å². The fourth-order valence-electron chi connectivity index (χ4n) is 6.53. The molecule has 0 saturated heterocycles. The second kappa shape index (κ2) is 40.3. The molecule has 0 heterocycles. The van der Waals surface area contributed by atoms with Crippen molar-refractivity contribution in [3.8, 4) is 0 Å². The van der Waals surface area contributed by atoms with E-state index in [9.17, 15) is 20.1 Å². The standard InChI is InChI=1S/C45H85NO4/c1-3-5-7-9-11-13-15-17-18-19-20-21-22-23-24-25-26-28-29-31-33-35-37-39-43(48)45(50)42(41-47)46-44(49)40-38-36-34-32-30-27-16-14-12-10-8-6-4-2/h25-27,30-31,33,42-43,45,47-48,50H,3-24,28-29,32,34-41H2,1-2H3,(H,46,49)/b26-25+,30-27-,33-31+. The van der Waals surface area contributed by atoms with E-state index in [2.05, 4.69) is 55.6 Å². The Bertz CT molecular complexity index is 779. The van der Waals surface area contributed by atoms with Crippen LogP contribution >= 0.6 is 0 Å². The third-order valence-corrected chi connectivity index (χ3v) is 9.94. The molecular formula is C45H85NO4. The molecule has 0 aliphatic heterocycles. The number of hydrogen-bond donors (Lipinski definition) is 4. The normalized spacial score (nSPS) is 13.9. The van der Waals surface area contributed by atoms with E-state index < -0.39 is 18.2 Å². The van der Waals surface area contributed by atoms with E-state index in [4.69, 9.17) is 0 Å². The van der Waals surface area contributed by atoms with E-state index in [1.165, 1.54) is 141 Å². The van der Waals surface area contributed by atoms with Crippen molar-refractivity contribution in [1.82, 2.24) is 5.32 Å². The first-order valence-corrected chi connectivity index (χ1v) is 21.8.